The molecule has 3 aromatic rings. The van der Waals surface area contributed by atoms with Crippen molar-refractivity contribution >= 4 is 28.4 Å². The van der Waals surface area contributed by atoms with E-state index in [0.29, 0.717) is 5.82 Å². The van der Waals surface area contributed by atoms with Crippen LogP contribution in [0.2, 0.25) is 0 Å². The van der Waals surface area contributed by atoms with Gasteiger partial charge in [-0.3, -0.25) is 14.7 Å². The third-order valence-corrected chi connectivity index (χ3v) is 6.04. The predicted octanol–water partition coefficient (Wildman–Crippen LogP) is 3.46. The summed E-state index contributed by atoms with van der Waals surface area (Å²) in [7, 11) is 0. The Morgan fingerprint density at radius 2 is 1.83 bits per heavy atom. The molecule has 2 aromatic heterocycles. The monoisotopic (exact) mass is 391 g/mol. The molecule has 1 aromatic carbocycles. The molecule has 0 N–H and O–H groups in total. The Bertz CT molecular complexity index is 1110. The Balaban J connectivity index is 1.36. The van der Waals surface area contributed by atoms with E-state index in [-0.39, 0.29) is 17.8 Å². The molecule has 0 radical (unpaired) electrons. The maximum Gasteiger partial charge on any atom is 0.240 e. The summed E-state index contributed by atoms with van der Waals surface area (Å²) < 4.78 is 13.4. The highest BCUT2D eigenvalue weighted by Crippen LogP contribution is 2.41. The number of anilines is 2. The zero-order valence-electron chi connectivity index (χ0n) is 16.5. The quantitative estimate of drug-likeness (QED) is 0.670. The number of hydrogen-bond acceptors (Lipinski definition) is 5. The zero-order valence-corrected chi connectivity index (χ0v) is 16.5. The third kappa shape index (κ3) is 2.84. The molecular weight excluding hydrogens is 369 g/mol. The molecule has 0 saturated carbocycles. The van der Waals surface area contributed by atoms with E-state index < -0.39 is 5.41 Å². The fraction of sp³-hybridized carbons (Fsp3) is 0.364. The van der Waals surface area contributed by atoms with Crippen molar-refractivity contribution in [3.8, 4) is 0 Å². The summed E-state index contributed by atoms with van der Waals surface area (Å²) in [5, 5.41) is 0.795. The normalized spacial score (nSPS) is 19.1. The van der Waals surface area contributed by atoms with Gasteiger partial charge in [-0.1, -0.05) is 0 Å². The van der Waals surface area contributed by atoms with Gasteiger partial charge in [0.25, 0.3) is 0 Å². The van der Waals surface area contributed by atoms with Gasteiger partial charge in [0, 0.05) is 36.9 Å². The molecule has 0 aliphatic carbocycles. The zero-order chi connectivity index (χ0) is 20.2. The van der Waals surface area contributed by atoms with Gasteiger partial charge < -0.3 is 4.90 Å². The lowest BCUT2D eigenvalue weighted by molar-refractivity contribution is -0.122. The average molecular weight is 391 g/mol. The number of carbonyl (C=O) groups is 1. The van der Waals surface area contributed by atoms with E-state index >= 15 is 0 Å². The first-order chi connectivity index (χ1) is 13.9. The molecule has 29 heavy (non-hydrogen) atoms. The standard InChI is InChI=1S/C22H22FN5O/c1-22(2)19-20(25-10-9-24-19)28(21(22)29)16-7-11-27(12-8-16)18-6-3-14-13-15(23)4-5-17(14)26-18/h3-6,9-10,13,16H,7-8,11-12H2,1-2H3. The number of fused-ring (bicyclic) bond motifs is 2. The van der Waals surface area contributed by atoms with E-state index in [1.165, 1.54) is 12.1 Å². The van der Waals surface area contributed by atoms with E-state index in [4.69, 9.17) is 4.98 Å². The van der Waals surface area contributed by atoms with Crippen LogP contribution >= 0.6 is 0 Å². The molecule has 0 unspecified atom stereocenters. The lowest BCUT2D eigenvalue weighted by atomic mass is 9.90. The number of rotatable bonds is 2. The Labute approximate surface area is 168 Å². The van der Waals surface area contributed by atoms with E-state index in [2.05, 4.69) is 14.9 Å². The molecule has 4 heterocycles. The number of halogens is 1. The van der Waals surface area contributed by atoms with Gasteiger partial charge in [0.05, 0.1) is 16.6 Å². The molecular formula is C22H22FN5O. The Hall–Kier alpha value is -3.09. The second-order valence-corrected chi connectivity index (χ2v) is 8.25. The van der Waals surface area contributed by atoms with Gasteiger partial charge in [-0.25, -0.2) is 14.4 Å². The number of carbonyl (C=O) groups excluding carboxylic acids is 1. The number of piperidine rings is 1. The number of pyridine rings is 1. The van der Waals surface area contributed by atoms with Crippen molar-refractivity contribution in [3.63, 3.8) is 0 Å². The van der Waals surface area contributed by atoms with Crippen molar-refractivity contribution in [1.82, 2.24) is 15.0 Å². The van der Waals surface area contributed by atoms with Crippen LogP contribution in [0, 0.1) is 5.82 Å². The molecule has 2 aliphatic rings. The van der Waals surface area contributed by atoms with Crippen molar-refractivity contribution in [2.45, 2.75) is 38.1 Å². The molecule has 7 heteroatoms. The minimum Gasteiger partial charge on any atom is -0.356 e. The molecule has 6 nitrogen and oxygen atoms in total. The Morgan fingerprint density at radius 3 is 2.62 bits per heavy atom. The van der Waals surface area contributed by atoms with Gasteiger partial charge in [-0.15, -0.1) is 0 Å². The summed E-state index contributed by atoms with van der Waals surface area (Å²) in [6.07, 6.45) is 4.97. The van der Waals surface area contributed by atoms with Crippen molar-refractivity contribution in [2.75, 3.05) is 22.9 Å². The van der Waals surface area contributed by atoms with E-state index in [0.717, 1.165) is 48.3 Å². The highest BCUT2D eigenvalue weighted by molar-refractivity contribution is 6.06. The fourth-order valence-electron chi connectivity index (χ4n) is 4.40. The van der Waals surface area contributed by atoms with Gasteiger partial charge in [-0.2, -0.15) is 0 Å². The summed E-state index contributed by atoms with van der Waals surface area (Å²) in [4.78, 5) is 30.8. The van der Waals surface area contributed by atoms with Crippen LogP contribution in [-0.2, 0) is 10.2 Å². The first kappa shape index (κ1) is 18.0. The lowest BCUT2D eigenvalue weighted by Crippen LogP contribution is -2.49. The van der Waals surface area contributed by atoms with Crippen LogP contribution in [0.25, 0.3) is 10.9 Å². The van der Waals surface area contributed by atoms with Crippen molar-refractivity contribution in [3.05, 3.63) is 54.2 Å². The molecule has 0 spiro atoms. The molecule has 1 amide bonds. The summed E-state index contributed by atoms with van der Waals surface area (Å²) in [5.41, 5.74) is 0.901. The summed E-state index contributed by atoms with van der Waals surface area (Å²) >= 11 is 0. The second-order valence-electron chi connectivity index (χ2n) is 8.25. The smallest absolute Gasteiger partial charge is 0.240 e. The maximum atomic E-state index is 13.4. The van der Waals surface area contributed by atoms with Gasteiger partial charge in [0.2, 0.25) is 5.91 Å². The van der Waals surface area contributed by atoms with Crippen LogP contribution in [0.15, 0.2) is 42.7 Å². The van der Waals surface area contributed by atoms with Gasteiger partial charge in [0.1, 0.15) is 11.6 Å². The lowest BCUT2D eigenvalue weighted by Gasteiger charge is -2.37. The molecule has 5 rings (SSSR count). The molecule has 0 bridgehead atoms. The van der Waals surface area contributed by atoms with Gasteiger partial charge in [0.15, 0.2) is 5.82 Å². The number of hydrogen-bond donors (Lipinski definition) is 0. The van der Waals surface area contributed by atoms with Crippen molar-refractivity contribution in [2.24, 2.45) is 0 Å². The first-order valence-corrected chi connectivity index (χ1v) is 9.91. The predicted molar refractivity (Wildman–Crippen MR) is 109 cm³/mol. The molecule has 1 fully saturated rings. The van der Waals surface area contributed by atoms with E-state index in [9.17, 15) is 9.18 Å². The van der Waals surface area contributed by atoms with Crippen LogP contribution in [0.4, 0.5) is 16.0 Å². The number of nitrogens with zero attached hydrogens (tertiary/aromatic N) is 5. The van der Waals surface area contributed by atoms with E-state index in [1.54, 1.807) is 18.5 Å². The molecule has 0 atom stereocenters. The summed E-state index contributed by atoms with van der Waals surface area (Å²) in [6, 6.07) is 8.59. The van der Waals surface area contributed by atoms with Crippen molar-refractivity contribution in [1.29, 1.82) is 0 Å². The maximum absolute atomic E-state index is 13.4. The Morgan fingerprint density at radius 1 is 1.07 bits per heavy atom. The van der Waals surface area contributed by atoms with Crippen LogP contribution in [-0.4, -0.2) is 40.0 Å². The minimum atomic E-state index is -0.643. The molecule has 148 valence electrons. The summed E-state index contributed by atoms with van der Waals surface area (Å²) in [5.74, 6) is 1.40. The van der Waals surface area contributed by atoms with Gasteiger partial charge in [-0.05, 0) is 57.0 Å². The number of benzene rings is 1. The molecule has 1 saturated heterocycles. The topological polar surface area (TPSA) is 62.2 Å². The number of amides is 1. The largest absolute Gasteiger partial charge is 0.356 e. The average Bonchev–Trinajstić information content (AvgIpc) is 2.94. The van der Waals surface area contributed by atoms with Crippen LogP contribution < -0.4 is 9.80 Å². The SMILES string of the molecule is CC1(C)C(=O)N(C2CCN(c3ccc4cc(F)ccc4n3)CC2)c2nccnc21. The van der Waals surface area contributed by atoms with Crippen molar-refractivity contribution < 1.29 is 9.18 Å². The summed E-state index contributed by atoms with van der Waals surface area (Å²) in [6.45, 7) is 5.42. The Kier molecular flexibility index (Phi) is 4.01. The van der Waals surface area contributed by atoms with E-state index in [1.807, 2.05) is 30.9 Å². The second kappa shape index (κ2) is 6.47. The van der Waals surface area contributed by atoms with Crippen LogP contribution in [0.5, 0.6) is 0 Å². The first-order valence-electron chi connectivity index (χ1n) is 9.91. The number of aromatic nitrogens is 3. The highest BCUT2D eigenvalue weighted by Gasteiger charge is 2.49. The van der Waals surface area contributed by atoms with Crippen LogP contribution in [0.3, 0.4) is 0 Å². The third-order valence-electron chi connectivity index (χ3n) is 6.04. The molecule has 2 aliphatic heterocycles. The highest BCUT2D eigenvalue weighted by atomic mass is 19.1. The fourth-order valence-corrected chi connectivity index (χ4v) is 4.40. The van der Waals surface area contributed by atoms with Crippen LogP contribution in [0.1, 0.15) is 32.4 Å². The van der Waals surface area contributed by atoms with Gasteiger partial charge >= 0.3 is 0 Å². The minimum absolute atomic E-state index is 0.0722.